The molecule has 0 saturated carbocycles. The zero-order valence-electron chi connectivity index (χ0n) is 14.9. The molecule has 2 aromatic carbocycles. The van der Waals surface area contributed by atoms with Crippen molar-refractivity contribution in [3.8, 4) is 11.3 Å². The lowest BCUT2D eigenvalue weighted by Crippen LogP contribution is -2.24. The number of carbonyl (C=O) groups is 1. The van der Waals surface area contributed by atoms with Gasteiger partial charge in [-0.05, 0) is 37.6 Å². The molecule has 27 heavy (non-hydrogen) atoms. The van der Waals surface area contributed by atoms with Crippen molar-refractivity contribution < 1.29 is 9.21 Å². The van der Waals surface area contributed by atoms with Gasteiger partial charge in [-0.1, -0.05) is 29.8 Å². The predicted octanol–water partition coefficient (Wildman–Crippen LogP) is 3.97. The fourth-order valence-corrected chi connectivity index (χ4v) is 3.66. The Labute approximate surface area is 159 Å². The van der Waals surface area contributed by atoms with Crippen molar-refractivity contribution >= 4 is 33.5 Å². The summed E-state index contributed by atoms with van der Waals surface area (Å²) in [5.74, 6) is -0.882. The number of amides is 1. The molecule has 136 valence electrons. The molecular weight excluding hydrogens is 362 g/mol. The molecule has 2 aromatic heterocycles. The van der Waals surface area contributed by atoms with E-state index in [4.69, 9.17) is 4.42 Å². The van der Waals surface area contributed by atoms with E-state index >= 15 is 0 Å². The molecule has 0 fully saturated rings. The van der Waals surface area contributed by atoms with E-state index in [2.05, 4.69) is 28.5 Å². The lowest BCUT2D eigenvalue weighted by molar-refractivity contribution is -0.116. The minimum atomic E-state index is -0.554. The number of fused-ring (bicyclic) bond motifs is 1. The highest BCUT2D eigenvalue weighted by Gasteiger charge is 2.14. The lowest BCUT2D eigenvalue weighted by Gasteiger charge is -2.04. The van der Waals surface area contributed by atoms with E-state index < -0.39 is 5.76 Å². The second-order valence-electron chi connectivity index (χ2n) is 6.33. The van der Waals surface area contributed by atoms with Crippen molar-refractivity contribution in [2.75, 3.05) is 5.32 Å². The largest absolute Gasteiger partial charge is 0.420 e. The van der Waals surface area contributed by atoms with Crippen LogP contribution in [-0.4, -0.2) is 15.5 Å². The van der Waals surface area contributed by atoms with Gasteiger partial charge in [0.15, 0.2) is 10.7 Å². The third-order valence-corrected chi connectivity index (χ3v) is 5.05. The molecule has 0 unspecified atom stereocenters. The van der Waals surface area contributed by atoms with Crippen molar-refractivity contribution in [1.29, 1.82) is 0 Å². The molecule has 1 N–H and O–H groups in total. The van der Waals surface area contributed by atoms with Crippen LogP contribution in [0.5, 0.6) is 0 Å². The lowest BCUT2D eigenvalue weighted by atomic mass is 10.0. The number of thiazole rings is 1. The number of anilines is 1. The summed E-state index contributed by atoms with van der Waals surface area (Å²) in [5.41, 5.74) is 5.20. The minimum absolute atomic E-state index is 0.131. The average molecular weight is 379 g/mol. The fraction of sp³-hybridized carbons (Fsp3) is 0.150. The van der Waals surface area contributed by atoms with Gasteiger partial charge in [-0.25, -0.2) is 9.78 Å². The Kier molecular flexibility index (Phi) is 4.37. The summed E-state index contributed by atoms with van der Waals surface area (Å²) in [6.07, 6.45) is 0. The first-order valence-corrected chi connectivity index (χ1v) is 9.30. The third kappa shape index (κ3) is 3.41. The molecule has 4 rings (SSSR count). The summed E-state index contributed by atoms with van der Waals surface area (Å²) in [6, 6.07) is 13.2. The van der Waals surface area contributed by atoms with Crippen LogP contribution in [0.4, 0.5) is 5.13 Å². The van der Waals surface area contributed by atoms with E-state index in [-0.39, 0.29) is 12.5 Å². The fourth-order valence-electron chi connectivity index (χ4n) is 2.93. The Hall–Kier alpha value is -3.19. The van der Waals surface area contributed by atoms with E-state index in [1.54, 1.807) is 24.3 Å². The van der Waals surface area contributed by atoms with Crippen LogP contribution in [0, 0.1) is 13.8 Å². The molecule has 4 aromatic rings. The molecule has 2 heterocycles. The summed E-state index contributed by atoms with van der Waals surface area (Å²) in [6.45, 7) is 3.93. The molecule has 0 spiro atoms. The molecule has 0 aliphatic heterocycles. The number of aryl methyl sites for hydroxylation is 2. The standard InChI is InChI=1S/C20H17N3O3S/c1-12-7-8-13(2)14(9-12)15-11-27-19(21-15)22-18(24)10-23-16-5-3-4-6-17(16)26-20(23)25/h3-9,11H,10H2,1-2H3,(H,21,22,24). The molecule has 6 nitrogen and oxygen atoms in total. The topological polar surface area (TPSA) is 77.1 Å². The number of oxazole rings is 1. The van der Waals surface area contributed by atoms with Crippen LogP contribution in [0.2, 0.25) is 0 Å². The van der Waals surface area contributed by atoms with Gasteiger partial charge in [-0.2, -0.15) is 0 Å². The van der Waals surface area contributed by atoms with E-state index in [0.717, 1.165) is 22.4 Å². The third-order valence-electron chi connectivity index (χ3n) is 4.29. The number of rotatable bonds is 4. The van der Waals surface area contributed by atoms with Crippen LogP contribution < -0.4 is 11.1 Å². The monoisotopic (exact) mass is 379 g/mol. The summed E-state index contributed by atoms with van der Waals surface area (Å²) in [5, 5.41) is 5.17. The first-order valence-electron chi connectivity index (χ1n) is 8.42. The molecule has 0 aliphatic carbocycles. The summed E-state index contributed by atoms with van der Waals surface area (Å²) < 4.78 is 6.46. The number of hydrogen-bond acceptors (Lipinski definition) is 5. The normalized spacial score (nSPS) is 11.0. The zero-order chi connectivity index (χ0) is 19.0. The summed E-state index contributed by atoms with van der Waals surface area (Å²) >= 11 is 1.35. The van der Waals surface area contributed by atoms with Crippen LogP contribution >= 0.6 is 11.3 Å². The molecule has 0 saturated heterocycles. The zero-order valence-corrected chi connectivity index (χ0v) is 15.7. The number of para-hydroxylation sites is 2. The van der Waals surface area contributed by atoms with Gasteiger partial charge >= 0.3 is 5.76 Å². The van der Waals surface area contributed by atoms with Gasteiger partial charge < -0.3 is 9.73 Å². The maximum atomic E-state index is 12.4. The minimum Gasteiger partial charge on any atom is -0.408 e. The molecular formula is C20H17N3O3S. The Morgan fingerprint density at radius 1 is 1.22 bits per heavy atom. The van der Waals surface area contributed by atoms with Crippen molar-refractivity contribution in [2.24, 2.45) is 0 Å². The number of carbonyl (C=O) groups excluding carboxylic acids is 1. The molecule has 0 aliphatic rings. The van der Waals surface area contributed by atoms with Crippen molar-refractivity contribution in [1.82, 2.24) is 9.55 Å². The van der Waals surface area contributed by atoms with Gasteiger partial charge in [-0.15, -0.1) is 11.3 Å². The number of aromatic nitrogens is 2. The predicted molar refractivity (Wildman–Crippen MR) is 106 cm³/mol. The molecule has 7 heteroatoms. The van der Waals surface area contributed by atoms with Gasteiger partial charge in [0.05, 0.1) is 11.2 Å². The Balaban J connectivity index is 1.54. The van der Waals surface area contributed by atoms with Crippen LogP contribution in [0.1, 0.15) is 11.1 Å². The van der Waals surface area contributed by atoms with Crippen molar-refractivity contribution in [3.63, 3.8) is 0 Å². The van der Waals surface area contributed by atoms with E-state index in [1.807, 2.05) is 19.2 Å². The van der Waals surface area contributed by atoms with Crippen LogP contribution in [0.3, 0.4) is 0 Å². The Morgan fingerprint density at radius 2 is 2.04 bits per heavy atom. The van der Waals surface area contributed by atoms with E-state index in [0.29, 0.717) is 16.2 Å². The van der Waals surface area contributed by atoms with E-state index in [9.17, 15) is 9.59 Å². The van der Waals surface area contributed by atoms with E-state index in [1.165, 1.54) is 15.9 Å². The quantitative estimate of drug-likeness (QED) is 0.582. The first kappa shape index (κ1) is 17.2. The summed E-state index contributed by atoms with van der Waals surface area (Å²) in [4.78, 5) is 28.9. The number of hydrogen-bond donors (Lipinski definition) is 1. The highest BCUT2D eigenvalue weighted by molar-refractivity contribution is 7.14. The molecule has 0 bridgehead atoms. The smallest absolute Gasteiger partial charge is 0.408 e. The van der Waals surface area contributed by atoms with Crippen molar-refractivity contribution in [2.45, 2.75) is 20.4 Å². The van der Waals surface area contributed by atoms with Crippen LogP contribution in [-0.2, 0) is 11.3 Å². The van der Waals surface area contributed by atoms with Crippen LogP contribution in [0.15, 0.2) is 57.1 Å². The van der Waals surface area contributed by atoms with Gasteiger partial charge in [0.25, 0.3) is 0 Å². The SMILES string of the molecule is Cc1ccc(C)c(-c2csc(NC(=O)Cn3c(=O)oc4ccccc43)n2)c1. The second kappa shape index (κ2) is 6.85. The van der Waals surface area contributed by atoms with Crippen molar-refractivity contribution in [3.05, 3.63) is 69.5 Å². The second-order valence-corrected chi connectivity index (χ2v) is 7.18. The van der Waals surface area contributed by atoms with Gasteiger partial charge in [-0.3, -0.25) is 9.36 Å². The van der Waals surface area contributed by atoms with Gasteiger partial charge in [0.2, 0.25) is 5.91 Å². The number of nitrogens with zero attached hydrogens (tertiary/aromatic N) is 2. The summed E-state index contributed by atoms with van der Waals surface area (Å²) in [7, 11) is 0. The molecule has 0 radical (unpaired) electrons. The molecule has 0 atom stereocenters. The number of nitrogens with one attached hydrogen (secondary N) is 1. The maximum absolute atomic E-state index is 12.4. The number of benzene rings is 2. The Bertz CT molecular complexity index is 1200. The highest BCUT2D eigenvalue weighted by Crippen LogP contribution is 2.28. The first-order chi connectivity index (χ1) is 13.0. The maximum Gasteiger partial charge on any atom is 0.420 e. The highest BCUT2D eigenvalue weighted by atomic mass is 32.1. The Morgan fingerprint density at radius 3 is 2.89 bits per heavy atom. The van der Waals surface area contributed by atoms with Gasteiger partial charge in [0.1, 0.15) is 6.54 Å². The average Bonchev–Trinajstić information content (AvgIpc) is 3.22. The van der Waals surface area contributed by atoms with Gasteiger partial charge in [0, 0.05) is 10.9 Å². The van der Waals surface area contributed by atoms with Crippen LogP contribution in [0.25, 0.3) is 22.4 Å². The molecule has 1 amide bonds.